The molecule has 0 radical (unpaired) electrons. The average molecular weight is 199 g/mol. The van der Waals surface area contributed by atoms with E-state index >= 15 is 0 Å². The SMILES string of the molecule is CN1CCCC(NCCC(C)(C)N)C1. The van der Waals surface area contributed by atoms with Crippen LogP contribution in [0.2, 0.25) is 0 Å². The fourth-order valence-electron chi connectivity index (χ4n) is 1.93. The smallest absolute Gasteiger partial charge is 0.0195 e. The molecular weight excluding hydrogens is 174 g/mol. The van der Waals surface area contributed by atoms with Crippen LogP contribution in [0.3, 0.4) is 0 Å². The van der Waals surface area contributed by atoms with Gasteiger partial charge in [0.15, 0.2) is 0 Å². The number of likely N-dealkylation sites (tertiary alicyclic amines) is 1. The van der Waals surface area contributed by atoms with E-state index < -0.39 is 0 Å². The van der Waals surface area contributed by atoms with E-state index in [4.69, 9.17) is 5.73 Å². The van der Waals surface area contributed by atoms with Crippen molar-refractivity contribution in [2.45, 2.75) is 44.7 Å². The van der Waals surface area contributed by atoms with Gasteiger partial charge in [-0.15, -0.1) is 0 Å². The molecule has 1 saturated heterocycles. The maximum absolute atomic E-state index is 5.93. The van der Waals surface area contributed by atoms with Crippen molar-refractivity contribution in [3.05, 3.63) is 0 Å². The Labute approximate surface area is 88.0 Å². The van der Waals surface area contributed by atoms with Crippen molar-refractivity contribution in [2.75, 3.05) is 26.7 Å². The molecule has 1 fully saturated rings. The van der Waals surface area contributed by atoms with Gasteiger partial charge < -0.3 is 16.0 Å². The maximum Gasteiger partial charge on any atom is 0.0195 e. The van der Waals surface area contributed by atoms with Gasteiger partial charge in [0.05, 0.1) is 0 Å². The van der Waals surface area contributed by atoms with Crippen LogP contribution in [0.4, 0.5) is 0 Å². The topological polar surface area (TPSA) is 41.3 Å². The molecule has 0 aromatic rings. The van der Waals surface area contributed by atoms with E-state index in [2.05, 4.69) is 31.1 Å². The van der Waals surface area contributed by atoms with Crippen LogP contribution in [0.1, 0.15) is 33.1 Å². The van der Waals surface area contributed by atoms with Gasteiger partial charge in [0.2, 0.25) is 0 Å². The van der Waals surface area contributed by atoms with E-state index in [0.29, 0.717) is 6.04 Å². The van der Waals surface area contributed by atoms with E-state index in [1.807, 2.05) is 0 Å². The van der Waals surface area contributed by atoms with Gasteiger partial charge in [0.1, 0.15) is 0 Å². The van der Waals surface area contributed by atoms with Crippen molar-refractivity contribution in [1.82, 2.24) is 10.2 Å². The zero-order valence-corrected chi connectivity index (χ0v) is 9.84. The van der Waals surface area contributed by atoms with Gasteiger partial charge in [-0.3, -0.25) is 0 Å². The van der Waals surface area contributed by atoms with Crippen molar-refractivity contribution in [1.29, 1.82) is 0 Å². The quantitative estimate of drug-likeness (QED) is 0.703. The second-order valence-electron chi connectivity index (χ2n) is 5.29. The standard InChI is InChI=1S/C11H25N3/c1-11(2,12)6-7-13-10-5-4-8-14(3)9-10/h10,13H,4-9,12H2,1-3H3. The first-order chi connectivity index (χ1) is 6.47. The highest BCUT2D eigenvalue weighted by molar-refractivity contribution is 4.79. The fourth-order valence-corrected chi connectivity index (χ4v) is 1.93. The summed E-state index contributed by atoms with van der Waals surface area (Å²) in [7, 11) is 2.20. The Morgan fingerprint density at radius 1 is 1.50 bits per heavy atom. The molecule has 0 aromatic heterocycles. The molecule has 84 valence electrons. The second kappa shape index (κ2) is 5.10. The lowest BCUT2D eigenvalue weighted by Gasteiger charge is -2.31. The Balaban J connectivity index is 2.12. The zero-order chi connectivity index (χ0) is 10.6. The minimum Gasteiger partial charge on any atom is -0.326 e. The van der Waals surface area contributed by atoms with Crippen molar-refractivity contribution < 1.29 is 0 Å². The number of nitrogens with one attached hydrogen (secondary N) is 1. The third-order valence-corrected chi connectivity index (χ3v) is 2.83. The third kappa shape index (κ3) is 4.94. The van der Waals surface area contributed by atoms with E-state index in [1.54, 1.807) is 0 Å². The van der Waals surface area contributed by atoms with Crippen molar-refractivity contribution >= 4 is 0 Å². The highest BCUT2D eigenvalue weighted by Crippen LogP contribution is 2.08. The summed E-state index contributed by atoms with van der Waals surface area (Å²) in [6.07, 6.45) is 3.68. The molecular formula is C11H25N3. The average Bonchev–Trinajstić information content (AvgIpc) is 2.01. The number of rotatable bonds is 4. The molecule has 3 N–H and O–H groups in total. The lowest BCUT2D eigenvalue weighted by atomic mass is 10.0. The highest BCUT2D eigenvalue weighted by Gasteiger charge is 2.17. The van der Waals surface area contributed by atoms with Gasteiger partial charge in [-0.05, 0) is 53.2 Å². The molecule has 0 saturated carbocycles. The largest absolute Gasteiger partial charge is 0.326 e. The predicted molar refractivity (Wildman–Crippen MR) is 61.4 cm³/mol. The zero-order valence-electron chi connectivity index (χ0n) is 9.84. The van der Waals surface area contributed by atoms with Gasteiger partial charge in [-0.1, -0.05) is 0 Å². The molecule has 3 heteroatoms. The molecule has 0 aliphatic carbocycles. The Hall–Kier alpha value is -0.120. The van der Waals surface area contributed by atoms with Crippen molar-refractivity contribution in [2.24, 2.45) is 5.73 Å². The van der Waals surface area contributed by atoms with Gasteiger partial charge >= 0.3 is 0 Å². The summed E-state index contributed by atoms with van der Waals surface area (Å²) >= 11 is 0. The molecule has 0 amide bonds. The van der Waals surface area contributed by atoms with Crippen LogP contribution in [0.5, 0.6) is 0 Å². The summed E-state index contributed by atoms with van der Waals surface area (Å²) in [5.74, 6) is 0. The van der Waals surface area contributed by atoms with Crippen molar-refractivity contribution in [3.63, 3.8) is 0 Å². The molecule has 1 heterocycles. The van der Waals surface area contributed by atoms with Gasteiger partial charge in [-0.2, -0.15) is 0 Å². The van der Waals surface area contributed by atoms with Crippen LogP contribution in [0.15, 0.2) is 0 Å². The maximum atomic E-state index is 5.93. The summed E-state index contributed by atoms with van der Waals surface area (Å²) in [5.41, 5.74) is 5.89. The van der Waals surface area contributed by atoms with Crippen LogP contribution in [0.25, 0.3) is 0 Å². The van der Waals surface area contributed by atoms with E-state index in [9.17, 15) is 0 Å². The first-order valence-electron chi connectivity index (χ1n) is 5.68. The lowest BCUT2D eigenvalue weighted by Crippen LogP contribution is -2.46. The Bertz CT molecular complexity index is 162. The molecule has 0 spiro atoms. The fraction of sp³-hybridized carbons (Fsp3) is 1.00. The van der Waals surface area contributed by atoms with Crippen LogP contribution >= 0.6 is 0 Å². The number of likely N-dealkylation sites (N-methyl/N-ethyl adjacent to an activating group) is 1. The minimum atomic E-state index is -0.0342. The summed E-state index contributed by atoms with van der Waals surface area (Å²) in [5, 5.41) is 3.59. The van der Waals surface area contributed by atoms with Crippen LogP contribution < -0.4 is 11.1 Å². The lowest BCUT2D eigenvalue weighted by molar-refractivity contribution is 0.225. The summed E-state index contributed by atoms with van der Waals surface area (Å²) in [6.45, 7) is 7.65. The molecule has 0 bridgehead atoms. The predicted octanol–water partition coefficient (Wildman–Crippen LogP) is 0.798. The molecule has 1 aliphatic heterocycles. The third-order valence-electron chi connectivity index (χ3n) is 2.83. The number of nitrogens with two attached hydrogens (primary N) is 1. The minimum absolute atomic E-state index is 0.0342. The number of nitrogens with zero attached hydrogens (tertiary/aromatic N) is 1. The molecule has 0 aromatic carbocycles. The van der Waals surface area contributed by atoms with Crippen LogP contribution in [0, 0.1) is 0 Å². The first kappa shape index (κ1) is 12.0. The molecule has 3 nitrogen and oxygen atoms in total. The number of hydrogen-bond donors (Lipinski definition) is 2. The van der Waals surface area contributed by atoms with Crippen LogP contribution in [-0.2, 0) is 0 Å². The summed E-state index contributed by atoms with van der Waals surface area (Å²) in [4.78, 5) is 2.40. The summed E-state index contributed by atoms with van der Waals surface area (Å²) in [6, 6.07) is 0.677. The number of hydrogen-bond acceptors (Lipinski definition) is 3. The molecule has 14 heavy (non-hydrogen) atoms. The molecule has 1 unspecified atom stereocenters. The Kier molecular flexibility index (Phi) is 4.35. The second-order valence-corrected chi connectivity index (χ2v) is 5.29. The van der Waals surface area contributed by atoms with Gasteiger partial charge in [0.25, 0.3) is 0 Å². The Morgan fingerprint density at radius 2 is 2.21 bits per heavy atom. The van der Waals surface area contributed by atoms with Gasteiger partial charge in [-0.25, -0.2) is 0 Å². The molecule has 1 rings (SSSR count). The van der Waals surface area contributed by atoms with E-state index in [-0.39, 0.29) is 5.54 Å². The normalized spacial score (nSPS) is 25.3. The monoisotopic (exact) mass is 199 g/mol. The first-order valence-corrected chi connectivity index (χ1v) is 5.68. The number of piperidine rings is 1. The Morgan fingerprint density at radius 3 is 2.79 bits per heavy atom. The molecule has 1 aliphatic rings. The highest BCUT2D eigenvalue weighted by atomic mass is 15.1. The summed E-state index contributed by atoms with van der Waals surface area (Å²) < 4.78 is 0. The van der Waals surface area contributed by atoms with Crippen LogP contribution in [-0.4, -0.2) is 43.2 Å². The molecule has 1 atom stereocenters. The van der Waals surface area contributed by atoms with E-state index in [0.717, 1.165) is 13.0 Å². The van der Waals surface area contributed by atoms with E-state index in [1.165, 1.54) is 25.9 Å². The van der Waals surface area contributed by atoms with Gasteiger partial charge in [0, 0.05) is 18.1 Å². The van der Waals surface area contributed by atoms with Crippen molar-refractivity contribution in [3.8, 4) is 0 Å².